The molecule has 1 atom stereocenters. The summed E-state index contributed by atoms with van der Waals surface area (Å²) in [7, 11) is 3.53. The van der Waals surface area contributed by atoms with E-state index in [2.05, 4.69) is 17.0 Å². The van der Waals surface area contributed by atoms with E-state index < -0.39 is 0 Å². The van der Waals surface area contributed by atoms with E-state index in [1.54, 1.807) is 23.9 Å². The van der Waals surface area contributed by atoms with E-state index in [4.69, 9.17) is 0 Å². The van der Waals surface area contributed by atoms with Gasteiger partial charge in [-0.15, -0.1) is 0 Å². The second kappa shape index (κ2) is 8.76. The molecular weight excluding hydrogens is 380 g/mol. The summed E-state index contributed by atoms with van der Waals surface area (Å²) in [6.45, 7) is 3.67. The van der Waals surface area contributed by atoms with Crippen LogP contribution >= 0.6 is 0 Å². The summed E-state index contributed by atoms with van der Waals surface area (Å²) in [5.41, 5.74) is 3.66. The quantitative estimate of drug-likeness (QED) is 0.744. The number of hydrogen-bond acceptors (Lipinski definition) is 4. The van der Waals surface area contributed by atoms with Gasteiger partial charge in [0, 0.05) is 58.9 Å². The molecule has 0 saturated carbocycles. The molecule has 0 aromatic heterocycles. The van der Waals surface area contributed by atoms with Gasteiger partial charge in [-0.05, 0) is 48.9 Å². The first-order chi connectivity index (χ1) is 14.4. The zero-order valence-electron chi connectivity index (χ0n) is 18.1. The van der Waals surface area contributed by atoms with Gasteiger partial charge in [-0.2, -0.15) is 0 Å². The molecule has 3 aliphatic rings. The molecule has 2 aliphatic heterocycles. The number of anilines is 1. The number of fused-ring (bicyclic) bond motifs is 1. The monoisotopic (exact) mass is 412 g/mol. The van der Waals surface area contributed by atoms with E-state index in [0.29, 0.717) is 32.7 Å². The molecule has 30 heavy (non-hydrogen) atoms. The van der Waals surface area contributed by atoms with Gasteiger partial charge < -0.3 is 14.7 Å². The van der Waals surface area contributed by atoms with Gasteiger partial charge in [0.2, 0.25) is 17.7 Å². The first kappa shape index (κ1) is 20.8. The first-order valence-electron chi connectivity index (χ1n) is 11.1. The molecule has 1 aromatic carbocycles. The molecule has 1 aromatic rings. The van der Waals surface area contributed by atoms with E-state index in [9.17, 15) is 14.4 Å². The van der Waals surface area contributed by atoms with Crippen molar-refractivity contribution < 1.29 is 14.4 Å². The number of carbonyl (C=O) groups is 3. The molecule has 162 valence electrons. The van der Waals surface area contributed by atoms with Crippen LogP contribution in [-0.2, 0) is 27.2 Å². The number of carbonyl (C=O) groups excluding carboxylic acids is 3. The van der Waals surface area contributed by atoms with E-state index in [1.165, 1.54) is 17.5 Å². The summed E-state index contributed by atoms with van der Waals surface area (Å²) in [6, 6.07) is 6.30. The van der Waals surface area contributed by atoms with Crippen LogP contribution in [0.4, 0.5) is 5.69 Å². The average molecular weight is 413 g/mol. The second-order valence-corrected chi connectivity index (χ2v) is 8.96. The Balaban J connectivity index is 1.36. The van der Waals surface area contributed by atoms with Gasteiger partial charge in [-0.3, -0.25) is 19.3 Å². The normalized spacial score (nSPS) is 22.2. The highest BCUT2D eigenvalue weighted by atomic mass is 16.2. The van der Waals surface area contributed by atoms with Crippen LogP contribution in [0.2, 0.25) is 0 Å². The fourth-order valence-electron chi connectivity index (χ4n) is 4.79. The molecule has 7 nitrogen and oxygen atoms in total. The van der Waals surface area contributed by atoms with Crippen LogP contribution in [-0.4, -0.2) is 85.8 Å². The SMILES string of the molecule is CN(C)C(=O)CN1CCCN(C(=O)C2CC(=O)N(c3ccc4c(c3)CCC4)C2)CC1. The lowest BCUT2D eigenvalue weighted by atomic mass is 10.1. The molecule has 4 rings (SSSR count). The van der Waals surface area contributed by atoms with Gasteiger partial charge in [0.1, 0.15) is 0 Å². The topological polar surface area (TPSA) is 64.2 Å². The molecule has 0 radical (unpaired) electrons. The molecule has 0 spiro atoms. The molecule has 1 aliphatic carbocycles. The predicted octanol–water partition coefficient (Wildman–Crippen LogP) is 1.15. The Morgan fingerprint density at radius 2 is 1.83 bits per heavy atom. The Hall–Kier alpha value is -2.41. The third kappa shape index (κ3) is 4.36. The van der Waals surface area contributed by atoms with Gasteiger partial charge in [0.15, 0.2) is 0 Å². The minimum atomic E-state index is -0.277. The van der Waals surface area contributed by atoms with Crippen LogP contribution in [0, 0.1) is 5.92 Å². The fourth-order valence-corrected chi connectivity index (χ4v) is 4.79. The molecule has 1 unspecified atom stereocenters. The van der Waals surface area contributed by atoms with Crippen molar-refractivity contribution in [3.05, 3.63) is 29.3 Å². The Morgan fingerprint density at radius 1 is 1.03 bits per heavy atom. The number of likely N-dealkylation sites (N-methyl/N-ethyl adjacent to an activating group) is 1. The average Bonchev–Trinajstić information content (AvgIpc) is 3.28. The van der Waals surface area contributed by atoms with Crippen LogP contribution in [0.3, 0.4) is 0 Å². The van der Waals surface area contributed by atoms with Crippen LogP contribution in [0.5, 0.6) is 0 Å². The van der Waals surface area contributed by atoms with Gasteiger partial charge >= 0.3 is 0 Å². The molecular formula is C23H32N4O3. The lowest BCUT2D eigenvalue weighted by Crippen LogP contribution is -2.41. The molecule has 2 heterocycles. The van der Waals surface area contributed by atoms with Crippen LogP contribution in [0.15, 0.2) is 18.2 Å². The zero-order chi connectivity index (χ0) is 21.3. The third-order valence-electron chi connectivity index (χ3n) is 6.63. The Labute approximate surface area is 178 Å². The molecule has 2 fully saturated rings. The summed E-state index contributed by atoms with van der Waals surface area (Å²) in [6.07, 6.45) is 4.52. The lowest BCUT2D eigenvalue weighted by molar-refractivity contribution is -0.135. The zero-order valence-corrected chi connectivity index (χ0v) is 18.1. The molecule has 3 amide bonds. The van der Waals surface area contributed by atoms with E-state index >= 15 is 0 Å². The van der Waals surface area contributed by atoms with E-state index in [-0.39, 0.29) is 30.1 Å². The summed E-state index contributed by atoms with van der Waals surface area (Å²) >= 11 is 0. The van der Waals surface area contributed by atoms with E-state index in [1.807, 2.05) is 11.0 Å². The highest BCUT2D eigenvalue weighted by Gasteiger charge is 2.37. The number of amides is 3. The summed E-state index contributed by atoms with van der Waals surface area (Å²) < 4.78 is 0. The van der Waals surface area contributed by atoms with Crippen molar-refractivity contribution in [1.82, 2.24) is 14.7 Å². The number of rotatable bonds is 4. The maximum Gasteiger partial charge on any atom is 0.236 e. The van der Waals surface area contributed by atoms with Crippen LogP contribution < -0.4 is 4.90 Å². The number of nitrogens with zero attached hydrogens (tertiary/aromatic N) is 4. The van der Waals surface area contributed by atoms with Crippen molar-refractivity contribution in [3.63, 3.8) is 0 Å². The highest BCUT2D eigenvalue weighted by molar-refractivity contribution is 6.00. The highest BCUT2D eigenvalue weighted by Crippen LogP contribution is 2.31. The standard InChI is InChI=1S/C23H32N4O3/c1-24(2)22(29)16-25-9-4-10-26(12-11-25)23(30)19-14-21(28)27(15-19)20-8-7-17-5-3-6-18(17)13-20/h7-8,13,19H,3-6,9-12,14-16H2,1-2H3. The minimum Gasteiger partial charge on any atom is -0.348 e. The number of benzene rings is 1. The van der Waals surface area contributed by atoms with E-state index in [0.717, 1.165) is 31.5 Å². The van der Waals surface area contributed by atoms with Crippen molar-refractivity contribution in [3.8, 4) is 0 Å². The van der Waals surface area contributed by atoms with Gasteiger partial charge in [-0.25, -0.2) is 0 Å². The third-order valence-corrected chi connectivity index (χ3v) is 6.63. The van der Waals surface area contributed by atoms with Crippen molar-refractivity contribution in [2.75, 3.05) is 58.3 Å². The fraction of sp³-hybridized carbons (Fsp3) is 0.609. The number of hydrogen-bond donors (Lipinski definition) is 0. The van der Waals surface area contributed by atoms with Gasteiger partial charge in [0.25, 0.3) is 0 Å². The molecule has 0 bridgehead atoms. The Kier molecular flexibility index (Phi) is 6.09. The summed E-state index contributed by atoms with van der Waals surface area (Å²) in [4.78, 5) is 45.2. The van der Waals surface area contributed by atoms with Crippen molar-refractivity contribution >= 4 is 23.4 Å². The maximum absolute atomic E-state index is 13.2. The largest absolute Gasteiger partial charge is 0.348 e. The van der Waals surface area contributed by atoms with Gasteiger partial charge in [-0.1, -0.05) is 6.07 Å². The summed E-state index contributed by atoms with van der Waals surface area (Å²) in [5, 5.41) is 0. The first-order valence-corrected chi connectivity index (χ1v) is 11.1. The Bertz CT molecular complexity index is 838. The summed E-state index contributed by atoms with van der Waals surface area (Å²) in [5.74, 6) is -0.0750. The van der Waals surface area contributed by atoms with Gasteiger partial charge in [0.05, 0.1) is 12.5 Å². The molecule has 2 saturated heterocycles. The smallest absolute Gasteiger partial charge is 0.236 e. The molecule has 7 heteroatoms. The predicted molar refractivity (Wildman–Crippen MR) is 115 cm³/mol. The second-order valence-electron chi connectivity index (χ2n) is 8.96. The number of aryl methyl sites for hydroxylation is 2. The van der Waals surface area contributed by atoms with Crippen molar-refractivity contribution in [2.45, 2.75) is 32.1 Å². The van der Waals surface area contributed by atoms with Crippen LogP contribution in [0.25, 0.3) is 0 Å². The Morgan fingerprint density at radius 3 is 2.63 bits per heavy atom. The van der Waals surface area contributed by atoms with Crippen molar-refractivity contribution in [2.24, 2.45) is 5.92 Å². The van der Waals surface area contributed by atoms with Crippen molar-refractivity contribution in [1.29, 1.82) is 0 Å². The minimum absolute atomic E-state index is 0.0410. The lowest BCUT2D eigenvalue weighted by Gasteiger charge is -2.25. The maximum atomic E-state index is 13.2. The molecule has 0 N–H and O–H groups in total. The van der Waals surface area contributed by atoms with Crippen LogP contribution in [0.1, 0.15) is 30.4 Å².